The van der Waals surface area contributed by atoms with E-state index in [0.717, 1.165) is 9.87 Å². The summed E-state index contributed by atoms with van der Waals surface area (Å²) in [6.07, 6.45) is 0.841. The maximum Gasteiger partial charge on any atom is 0.324 e. The molecule has 2 aliphatic rings. The molecular weight excluding hydrogens is 460 g/mol. The molecule has 1 saturated heterocycles. The summed E-state index contributed by atoms with van der Waals surface area (Å²) in [6.45, 7) is 0.0658. The Morgan fingerprint density at radius 1 is 1.12 bits per heavy atom. The first-order valence-electron chi connectivity index (χ1n) is 9.94. The molecule has 1 amide bonds. The smallest absolute Gasteiger partial charge is 0.324 e. The predicted octanol–water partition coefficient (Wildman–Crippen LogP) is 2.08. The van der Waals surface area contributed by atoms with Gasteiger partial charge in [-0.25, -0.2) is 8.42 Å². The van der Waals surface area contributed by atoms with Crippen molar-refractivity contribution in [1.82, 2.24) is 9.62 Å². The summed E-state index contributed by atoms with van der Waals surface area (Å²) in [7, 11) is -3.89. The van der Waals surface area contributed by atoms with Gasteiger partial charge < -0.3 is 19.5 Å². The van der Waals surface area contributed by atoms with E-state index in [1.165, 1.54) is 24.3 Å². The molecule has 2 heterocycles. The third-order valence-corrected chi connectivity index (χ3v) is 7.34. The molecule has 1 fully saturated rings. The van der Waals surface area contributed by atoms with Gasteiger partial charge in [0, 0.05) is 18.1 Å². The molecule has 32 heavy (non-hydrogen) atoms. The molecule has 2 aliphatic heterocycles. The Kier molecular flexibility index (Phi) is 6.54. The molecule has 0 saturated carbocycles. The average Bonchev–Trinajstić information content (AvgIpc) is 3.46. The summed E-state index contributed by atoms with van der Waals surface area (Å²) in [4.78, 5) is 24.7. The molecule has 1 N–H and O–H groups in total. The first kappa shape index (κ1) is 22.4. The number of sulfonamides is 1. The van der Waals surface area contributed by atoms with E-state index in [0.29, 0.717) is 29.4 Å². The Balaban J connectivity index is 1.31. The summed E-state index contributed by atoms with van der Waals surface area (Å²) >= 11 is 5.83. The van der Waals surface area contributed by atoms with E-state index in [1.54, 1.807) is 18.2 Å². The van der Waals surface area contributed by atoms with Gasteiger partial charge >= 0.3 is 5.97 Å². The van der Waals surface area contributed by atoms with Crippen LogP contribution in [0.25, 0.3) is 0 Å². The number of fused-ring (bicyclic) bond motifs is 1. The minimum atomic E-state index is -3.89. The minimum Gasteiger partial charge on any atom is -0.454 e. The standard InChI is InChI=1S/C21H21ClN2O7S/c22-15-4-6-16(7-5-15)32(27,28)24-9-1-2-17(24)21(26)29-12-20(25)23-11-14-3-8-18-19(10-14)31-13-30-18/h3-8,10,17H,1-2,9,11-13H2,(H,23,25). The molecule has 11 heteroatoms. The second-order valence-electron chi connectivity index (χ2n) is 7.30. The van der Waals surface area contributed by atoms with Crippen LogP contribution in [0.15, 0.2) is 47.4 Å². The summed E-state index contributed by atoms with van der Waals surface area (Å²) in [5.41, 5.74) is 0.796. The third-order valence-electron chi connectivity index (χ3n) is 5.17. The van der Waals surface area contributed by atoms with Crippen LogP contribution >= 0.6 is 11.6 Å². The lowest BCUT2D eigenvalue weighted by molar-refractivity contribution is -0.151. The monoisotopic (exact) mass is 480 g/mol. The normalized spacial score (nSPS) is 17.8. The van der Waals surface area contributed by atoms with Crippen LogP contribution in [0.1, 0.15) is 18.4 Å². The van der Waals surface area contributed by atoms with Crippen LogP contribution in [0.2, 0.25) is 5.02 Å². The van der Waals surface area contributed by atoms with Gasteiger partial charge in [-0.1, -0.05) is 17.7 Å². The zero-order valence-corrected chi connectivity index (χ0v) is 18.5. The number of benzene rings is 2. The van der Waals surface area contributed by atoms with Gasteiger partial charge in [0.1, 0.15) is 6.04 Å². The lowest BCUT2D eigenvalue weighted by atomic mass is 10.2. The van der Waals surface area contributed by atoms with Crippen molar-refractivity contribution in [3.63, 3.8) is 0 Å². The lowest BCUT2D eigenvalue weighted by Crippen LogP contribution is -2.42. The van der Waals surface area contributed by atoms with Gasteiger partial charge in [-0.15, -0.1) is 0 Å². The highest BCUT2D eigenvalue weighted by Crippen LogP contribution is 2.32. The maximum atomic E-state index is 12.9. The summed E-state index contributed by atoms with van der Waals surface area (Å²) in [6, 6.07) is 10.1. The van der Waals surface area contributed by atoms with Gasteiger partial charge in [0.25, 0.3) is 5.91 Å². The number of ether oxygens (including phenoxy) is 3. The highest BCUT2D eigenvalue weighted by molar-refractivity contribution is 7.89. The van der Waals surface area contributed by atoms with Crippen LogP contribution in [0.5, 0.6) is 11.5 Å². The number of halogens is 1. The molecule has 2 aromatic carbocycles. The summed E-state index contributed by atoms with van der Waals surface area (Å²) in [5.74, 6) is -0.00512. The van der Waals surface area contributed by atoms with Crippen LogP contribution in [0.3, 0.4) is 0 Å². The number of esters is 1. The molecule has 2 aromatic rings. The molecule has 0 aromatic heterocycles. The number of hydrogen-bond acceptors (Lipinski definition) is 7. The molecule has 0 aliphatic carbocycles. The highest BCUT2D eigenvalue weighted by atomic mass is 35.5. The number of carbonyl (C=O) groups is 2. The molecule has 9 nitrogen and oxygen atoms in total. The van der Waals surface area contributed by atoms with Crippen molar-refractivity contribution >= 4 is 33.5 Å². The summed E-state index contributed by atoms with van der Waals surface area (Å²) < 4.78 is 42.6. The van der Waals surface area contributed by atoms with Gasteiger partial charge in [0.2, 0.25) is 16.8 Å². The number of nitrogens with zero attached hydrogens (tertiary/aromatic N) is 1. The van der Waals surface area contributed by atoms with Crippen LogP contribution in [-0.2, 0) is 30.9 Å². The molecule has 1 unspecified atom stereocenters. The average molecular weight is 481 g/mol. The lowest BCUT2D eigenvalue weighted by Gasteiger charge is -2.22. The van der Waals surface area contributed by atoms with E-state index < -0.39 is 34.5 Å². The van der Waals surface area contributed by atoms with Crippen molar-refractivity contribution in [1.29, 1.82) is 0 Å². The van der Waals surface area contributed by atoms with Crippen LogP contribution in [-0.4, -0.2) is 50.6 Å². The van der Waals surface area contributed by atoms with Crippen molar-refractivity contribution in [2.45, 2.75) is 30.3 Å². The predicted molar refractivity (Wildman–Crippen MR) is 114 cm³/mol. The first-order valence-corrected chi connectivity index (χ1v) is 11.8. The van der Waals surface area contributed by atoms with Gasteiger partial charge in [0.15, 0.2) is 18.1 Å². The molecule has 0 bridgehead atoms. The van der Waals surface area contributed by atoms with E-state index in [4.69, 9.17) is 25.8 Å². The SMILES string of the molecule is O=C(COC(=O)C1CCCN1S(=O)(=O)c1ccc(Cl)cc1)NCc1ccc2c(c1)OCO2. The second kappa shape index (κ2) is 9.35. The largest absolute Gasteiger partial charge is 0.454 e. The molecule has 4 rings (SSSR count). The zero-order chi connectivity index (χ0) is 22.7. The quantitative estimate of drug-likeness (QED) is 0.604. The Bertz CT molecular complexity index is 1120. The van der Waals surface area contributed by atoms with Crippen LogP contribution in [0.4, 0.5) is 0 Å². The fraction of sp³-hybridized carbons (Fsp3) is 0.333. The molecular formula is C21H21ClN2O7S. The number of amides is 1. The Labute approximate surface area is 190 Å². The topological polar surface area (TPSA) is 111 Å². The Hall–Kier alpha value is -2.82. The van der Waals surface area contributed by atoms with Crippen molar-refractivity contribution in [2.24, 2.45) is 0 Å². The number of carbonyl (C=O) groups excluding carboxylic acids is 2. The van der Waals surface area contributed by atoms with Crippen molar-refractivity contribution in [3.8, 4) is 11.5 Å². The minimum absolute atomic E-state index is 0.0445. The molecule has 1 atom stereocenters. The van der Waals surface area contributed by atoms with Crippen LogP contribution < -0.4 is 14.8 Å². The van der Waals surface area contributed by atoms with Crippen molar-refractivity contribution in [2.75, 3.05) is 19.9 Å². The number of nitrogens with one attached hydrogen (secondary N) is 1. The van der Waals surface area contributed by atoms with Crippen molar-refractivity contribution in [3.05, 3.63) is 53.1 Å². The first-order chi connectivity index (χ1) is 15.3. The van der Waals surface area contributed by atoms with Crippen LogP contribution in [0, 0.1) is 0 Å². The van der Waals surface area contributed by atoms with E-state index in [2.05, 4.69) is 5.32 Å². The third kappa shape index (κ3) is 4.82. The van der Waals surface area contributed by atoms with E-state index in [9.17, 15) is 18.0 Å². The van der Waals surface area contributed by atoms with E-state index >= 15 is 0 Å². The van der Waals surface area contributed by atoms with E-state index in [1.807, 2.05) is 0 Å². The second-order valence-corrected chi connectivity index (χ2v) is 9.63. The Morgan fingerprint density at radius 3 is 2.66 bits per heavy atom. The van der Waals surface area contributed by atoms with E-state index in [-0.39, 0.29) is 24.8 Å². The van der Waals surface area contributed by atoms with Crippen molar-refractivity contribution < 1.29 is 32.2 Å². The molecule has 0 radical (unpaired) electrons. The molecule has 170 valence electrons. The Morgan fingerprint density at radius 2 is 1.88 bits per heavy atom. The van der Waals surface area contributed by atoms with Gasteiger partial charge in [-0.3, -0.25) is 9.59 Å². The van der Waals surface area contributed by atoms with Gasteiger partial charge in [-0.2, -0.15) is 4.31 Å². The maximum absolute atomic E-state index is 12.9. The fourth-order valence-electron chi connectivity index (χ4n) is 3.54. The fourth-order valence-corrected chi connectivity index (χ4v) is 5.31. The number of hydrogen-bond donors (Lipinski definition) is 1. The van der Waals surface area contributed by atoms with Gasteiger partial charge in [0.05, 0.1) is 4.90 Å². The van der Waals surface area contributed by atoms with Gasteiger partial charge in [-0.05, 0) is 54.8 Å². The highest BCUT2D eigenvalue weighted by Gasteiger charge is 2.40. The summed E-state index contributed by atoms with van der Waals surface area (Å²) in [5, 5.41) is 3.06. The number of rotatable bonds is 7. The molecule has 0 spiro atoms. The zero-order valence-electron chi connectivity index (χ0n) is 17.0.